The average molecular weight is 180 g/mol. The first kappa shape index (κ1) is 10.5. The zero-order chi connectivity index (χ0) is 9.73. The van der Waals surface area contributed by atoms with E-state index in [1.807, 2.05) is 0 Å². The van der Waals surface area contributed by atoms with Crippen LogP contribution in [0.2, 0.25) is 0 Å². The summed E-state index contributed by atoms with van der Waals surface area (Å²) in [5.41, 5.74) is 0.0164. The summed E-state index contributed by atoms with van der Waals surface area (Å²) in [5, 5.41) is 9.19. The lowest BCUT2D eigenvalue weighted by Gasteiger charge is -2.31. The SMILES string of the molecule is CN(C)CCC1(C#N)CCCCC1. The van der Waals surface area contributed by atoms with Gasteiger partial charge in [-0.3, -0.25) is 0 Å². The highest BCUT2D eigenvalue weighted by atomic mass is 15.0. The summed E-state index contributed by atoms with van der Waals surface area (Å²) < 4.78 is 0. The third-order valence-corrected chi connectivity index (χ3v) is 3.09. The number of hydrogen-bond acceptors (Lipinski definition) is 2. The standard InChI is InChI=1S/C11H20N2/c1-13(2)9-8-11(10-12)6-4-3-5-7-11/h3-9H2,1-2H3. The molecular weight excluding hydrogens is 160 g/mol. The Hall–Kier alpha value is -0.550. The fourth-order valence-corrected chi connectivity index (χ4v) is 2.08. The van der Waals surface area contributed by atoms with Crippen molar-refractivity contribution in [2.24, 2.45) is 5.41 Å². The molecule has 0 atom stereocenters. The molecule has 0 aromatic carbocycles. The molecule has 0 aliphatic heterocycles. The van der Waals surface area contributed by atoms with Gasteiger partial charge < -0.3 is 4.90 Å². The summed E-state index contributed by atoms with van der Waals surface area (Å²) in [5.74, 6) is 0. The van der Waals surface area contributed by atoms with Gasteiger partial charge in [-0.25, -0.2) is 0 Å². The Bertz CT molecular complexity index is 185. The first-order valence-corrected chi connectivity index (χ1v) is 5.24. The predicted octanol–water partition coefficient (Wildman–Crippen LogP) is 2.41. The Kier molecular flexibility index (Phi) is 3.74. The minimum atomic E-state index is 0.0164. The predicted molar refractivity (Wildman–Crippen MR) is 54.3 cm³/mol. The summed E-state index contributed by atoms with van der Waals surface area (Å²) >= 11 is 0. The molecule has 1 fully saturated rings. The molecule has 0 spiro atoms. The molecule has 1 aliphatic carbocycles. The molecule has 0 aromatic heterocycles. The monoisotopic (exact) mass is 180 g/mol. The maximum Gasteiger partial charge on any atom is 0.0690 e. The van der Waals surface area contributed by atoms with E-state index in [1.165, 1.54) is 19.3 Å². The van der Waals surface area contributed by atoms with Crippen LogP contribution in [0.1, 0.15) is 38.5 Å². The Morgan fingerprint density at radius 1 is 1.23 bits per heavy atom. The van der Waals surface area contributed by atoms with Crippen LogP contribution in [0, 0.1) is 16.7 Å². The maximum atomic E-state index is 9.19. The lowest BCUT2D eigenvalue weighted by atomic mass is 9.73. The van der Waals surface area contributed by atoms with Crippen LogP contribution in [0.3, 0.4) is 0 Å². The highest BCUT2D eigenvalue weighted by molar-refractivity contribution is 5.00. The van der Waals surface area contributed by atoms with Gasteiger partial charge in [-0.1, -0.05) is 19.3 Å². The van der Waals surface area contributed by atoms with Gasteiger partial charge in [0.15, 0.2) is 0 Å². The van der Waals surface area contributed by atoms with E-state index in [1.54, 1.807) is 0 Å². The molecule has 2 nitrogen and oxygen atoms in total. The van der Waals surface area contributed by atoms with Crippen LogP contribution in [0.25, 0.3) is 0 Å². The topological polar surface area (TPSA) is 27.0 Å². The van der Waals surface area contributed by atoms with E-state index in [2.05, 4.69) is 25.1 Å². The largest absolute Gasteiger partial charge is 0.309 e. The Balaban J connectivity index is 2.44. The number of nitriles is 1. The van der Waals surface area contributed by atoms with Gasteiger partial charge in [-0.2, -0.15) is 5.26 Å². The van der Waals surface area contributed by atoms with Crippen molar-refractivity contribution in [2.75, 3.05) is 20.6 Å². The van der Waals surface area contributed by atoms with E-state index >= 15 is 0 Å². The molecule has 0 N–H and O–H groups in total. The van der Waals surface area contributed by atoms with E-state index < -0.39 is 0 Å². The van der Waals surface area contributed by atoms with Crippen molar-refractivity contribution in [3.8, 4) is 6.07 Å². The van der Waals surface area contributed by atoms with E-state index in [0.717, 1.165) is 25.8 Å². The van der Waals surface area contributed by atoms with Crippen LogP contribution in [-0.2, 0) is 0 Å². The minimum absolute atomic E-state index is 0.0164. The van der Waals surface area contributed by atoms with Gasteiger partial charge in [0.2, 0.25) is 0 Å². The van der Waals surface area contributed by atoms with Gasteiger partial charge in [0.1, 0.15) is 0 Å². The molecule has 0 unspecified atom stereocenters. The average Bonchev–Trinajstić information content (AvgIpc) is 2.16. The summed E-state index contributed by atoms with van der Waals surface area (Å²) in [6, 6.07) is 2.55. The summed E-state index contributed by atoms with van der Waals surface area (Å²) in [4.78, 5) is 2.17. The Labute approximate surface area is 81.5 Å². The molecule has 0 radical (unpaired) electrons. The van der Waals surface area contributed by atoms with Crippen LogP contribution >= 0.6 is 0 Å². The molecule has 2 heteroatoms. The molecular formula is C11H20N2. The normalized spacial score (nSPS) is 21.4. The summed E-state index contributed by atoms with van der Waals surface area (Å²) in [6.45, 7) is 1.05. The molecule has 13 heavy (non-hydrogen) atoms. The molecule has 1 saturated carbocycles. The van der Waals surface area contributed by atoms with Crippen LogP contribution in [0.5, 0.6) is 0 Å². The quantitative estimate of drug-likeness (QED) is 0.667. The first-order valence-electron chi connectivity index (χ1n) is 5.24. The van der Waals surface area contributed by atoms with Crippen molar-refractivity contribution < 1.29 is 0 Å². The van der Waals surface area contributed by atoms with Crippen LogP contribution in [0.4, 0.5) is 0 Å². The van der Waals surface area contributed by atoms with Crippen molar-refractivity contribution in [1.82, 2.24) is 4.90 Å². The van der Waals surface area contributed by atoms with Crippen molar-refractivity contribution in [2.45, 2.75) is 38.5 Å². The summed E-state index contributed by atoms with van der Waals surface area (Å²) in [7, 11) is 4.15. The van der Waals surface area contributed by atoms with E-state index in [0.29, 0.717) is 0 Å². The van der Waals surface area contributed by atoms with Gasteiger partial charge in [0.05, 0.1) is 11.5 Å². The molecule has 0 aromatic rings. The van der Waals surface area contributed by atoms with Crippen LogP contribution in [0.15, 0.2) is 0 Å². The van der Waals surface area contributed by atoms with Crippen molar-refractivity contribution >= 4 is 0 Å². The van der Waals surface area contributed by atoms with E-state index in [4.69, 9.17) is 0 Å². The molecule has 1 rings (SSSR count). The Morgan fingerprint density at radius 3 is 2.31 bits per heavy atom. The van der Waals surface area contributed by atoms with Gasteiger partial charge in [-0.15, -0.1) is 0 Å². The minimum Gasteiger partial charge on any atom is -0.309 e. The maximum absolute atomic E-state index is 9.19. The second kappa shape index (κ2) is 4.62. The molecule has 0 saturated heterocycles. The number of nitrogens with zero attached hydrogens (tertiary/aromatic N) is 2. The first-order chi connectivity index (χ1) is 6.18. The van der Waals surface area contributed by atoms with Crippen LogP contribution in [-0.4, -0.2) is 25.5 Å². The van der Waals surface area contributed by atoms with Gasteiger partial charge in [0.25, 0.3) is 0 Å². The zero-order valence-corrected chi connectivity index (χ0v) is 8.84. The van der Waals surface area contributed by atoms with E-state index in [-0.39, 0.29) is 5.41 Å². The molecule has 0 heterocycles. The lowest BCUT2D eigenvalue weighted by Crippen LogP contribution is -2.27. The smallest absolute Gasteiger partial charge is 0.0690 e. The summed E-state index contributed by atoms with van der Waals surface area (Å²) in [6.07, 6.45) is 7.12. The van der Waals surface area contributed by atoms with E-state index in [9.17, 15) is 5.26 Å². The third-order valence-electron chi connectivity index (χ3n) is 3.09. The van der Waals surface area contributed by atoms with Crippen molar-refractivity contribution in [3.63, 3.8) is 0 Å². The van der Waals surface area contributed by atoms with Crippen molar-refractivity contribution in [3.05, 3.63) is 0 Å². The third kappa shape index (κ3) is 3.00. The zero-order valence-electron chi connectivity index (χ0n) is 8.84. The van der Waals surface area contributed by atoms with Gasteiger partial charge >= 0.3 is 0 Å². The van der Waals surface area contributed by atoms with Gasteiger partial charge in [-0.05, 0) is 39.9 Å². The molecule has 0 amide bonds. The molecule has 1 aliphatic rings. The lowest BCUT2D eigenvalue weighted by molar-refractivity contribution is 0.220. The molecule has 74 valence electrons. The highest BCUT2D eigenvalue weighted by Gasteiger charge is 2.31. The highest BCUT2D eigenvalue weighted by Crippen LogP contribution is 2.38. The Morgan fingerprint density at radius 2 is 1.85 bits per heavy atom. The number of rotatable bonds is 3. The second-order valence-corrected chi connectivity index (χ2v) is 4.51. The van der Waals surface area contributed by atoms with Crippen molar-refractivity contribution in [1.29, 1.82) is 5.26 Å². The second-order valence-electron chi connectivity index (χ2n) is 4.51. The molecule has 0 bridgehead atoms. The number of hydrogen-bond donors (Lipinski definition) is 0. The fourth-order valence-electron chi connectivity index (χ4n) is 2.08. The van der Waals surface area contributed by atoms with Crippen LogP contribution < -0.4 is 0 Å². The fraction of sp³-hybridized carbons (Fsp3) is 0.909. The van der Waals surface area contributed by atoms with Gasteiger partial charge in [0, 0.05) is 0 Å².